The Morgan fingerprint density at radius 2 is 1.30 bits per heavy atom. The molecule has 6 nitrogen and oxygen atoms in total. The first kappa shape index (κ1) is 23.7. The lowest BCUT2D eigenvalue weighted by Crippen LogP contribution is -2.48. The summed E-state index contributed by atoms with van der Waals surface area (Å²) in [6.45, 7) is 0. The Kier molecular flexibility index (Phi) is 7.97. The van der Waals surface area contributed by atoms with Crippen molar-refractivity contribution in [1.82, 2.24) is 10.2 Å². The SMILES string of the molecule is CN(C)C=N[C@@H](CCC(=O)NC(c1ccccc1)(c1ccccc1)c1ccccc1)C(=O)O. The summed E-state index contributed by atoms with van der Waals surface area (Å²) in [4.78, 5) is 30.6. The molecule has 3 aromatic rings. The first-order chi connectivity index (χ1) is 15.9. The van der Waals surface area contributed by atoms with Gasteiger partial charge in [-0.25, -0.2) is 4.79 Å². The molecule has 0 aliphatic heterocycles. The number of hydrogen-bond donors (Lipinski definition) is 2. The van der Waals surface area contributed by atoms with Crippen molar-refractivity contribution in [1.29, 1.82) is 0 Å². The maximum Gasteiger partial charge on any atom is 0.328 e. The lowest BCUT2D eigenvalue weighted by atomic mass is 9.77. The van der Waals surface area contributed by atoms with Crippen LogP contribution in [0.1, 0.15) is 29.5 Å². The first-order valence-corrected chi connectivity index (χ1v) is 10.8. The van der Waals surface area contributed by atoms with Gasteiger partial charge >= 0.3 is 5.97 Å². The molecule has 170 valence electrons. The third kappa shape index (κ3) is 5.86. The molecular weight excluding hydrogens is 414 g/mol. The standard InChI is InChI=1S/C27H29N3O3/c1-30(2)20-28-24(26(32)33)18-19-25(31)29-27(21-12-6-3-7-13-21,22-14-8-4-9-15-22)23-16-10-5-11-17-23/h3-17,20,24H,18-19H2,1-2H3,(H,29,31)(H,32,33)/t24-/m0/s1. The molecule has 0 saturated carbocycles. The number of rotatable bonds is 10. The highest BCUT2D eigenvalue weighted by molar-refractivity contribution is 5.81. The highest BCUT2D eigenvalue weighted by atomic mass is 16.4. The molecule has 0 unspecified atom stereocenters. The summed E-state index contributed by atoms with van der Waals surface area (Å²) in [5.41, 5.74) is 1.82. The van der Waals surface area contributed by atoms with E-state index in [0.717, 1.165) is 16.7 Å². The molecule has 0 radical (unpaired) electrons. The molecule has 0 bridgehead atoms. The lowest BCUT2D eigenvalue weighted by molar-refractivity contribution is -0.138. The van der Waals surface area contributed by atoms with Crippen LogP contribution in [0, 0.1) is 0 Å². The maximum atomic E-state index is 13.3. The topological polar surface area (TPSA) is 82.0 Å². The maximum absolute atomic E-state index is 13.3. The fraction of sp³-hybridized carbons (Fsp3) is 0.222. The van der Waals surface area contributed by atoms with Crippen molar-refractivity contribution in [2.24, 2.45) is 4.99 Å². The van der Waals surface area contributed by atoms with E-state index in [2.05, 4.69) is 10.3 Å². The molecule has 0 heterocycles. The molecule has 0 aliphatic carbocycles. The predicted octanol–water partition coefficient (Wildman–Crippen LogP) is 3.92. The number of nitrogens with one attached hydrogen (secondary N) is 1. The van der Waals surface area contributed by atoms with Crippen LogP contribution in [0.5, 0.6) is 0 Å². The van der Waals surface area contributed by atoms with E-state index >= 15 is 0 Å². The molecule has 3 aromatic carbocycles. The van der Waals surface area contributed by atoms with E-state index in [1.807, 2.05) is 91.0 Å². The smallest absolute Gasteiger partial charge is 0.328 e. The minimum atomic E-state index is -1.05. The van der Waals surface area contributed by atoms with Gasteiger partial charge in [0, 0.05) is 20.5 Å². The van der Waals surface area contributed by atoms with Crippen LogP contribution in [0.2, 0.25) is 0 Å². The van der Waals surface area contributed by atoms with Gasteiger partial charge in [0.1, 0.15) is 11.6 Å². The molecule has 2 N–H and O–H groups in total. The van der Waals surface area contributed by atoms with Gasteiger partial charge in [0.15, 0.2) is 0 Å². The van der Waals surface area contributed by atoms with Gasteiger partial charge in [-0.05, 0) is 23.1 Å². The normalized spacial score (nSPS) is 12.3. The van der Waals surface area contributed by atoms with Gasteiger partial charge in [0.05, 0.1) is 6.34 Å². The molecule has 1 atom stereocenters. The Morgan fingerprint density at radius 1 is 0.879 bits per heavy atom. The molecule has 0 spiro atoms. The Bertz CT molecular complexity index is 971. The van der Waals surface area contributed by atoms with Crippen molar-refractivity contribution in [3.8, 4) is 0 Å². The number of nitrogens with zero attached hydrogens (tertiary/aromatic N) is 2. The van der Waals surface area contributed by atoms with E-state index in [-0.39, 0.29) is 18.7 Å². The van der Waals surface area contributed by atoms with Crippen molar-refractivity contribution in [3.05, 3.63) is 108 Å². The Hall–Kier alpha value is -3.93. The molecule has 3 rings (SSSR count). The molecule has 0 fully saturated rings. The van der Waals surface area contributed by atoms with E-state index in [0.29, 0.717) is 0 Å². The minimum absolute atomic E-state index is 0.0238. The summed E-state index contributed by atoms with van der Waals surface area (Å²) < 4.78 is 0. The lowest BCUT2D eigenvalue weighted by Gasteiger charge is -2.37. The van der Waals surface area contributed by atoms with Crippen molar-refractivity contribution in [3.63, 3.8) is 0 Å². The van der Waals surface area contributed by atoms with Gasteiger partial charge in [-0.2, -0.15) is 0 Å². The van der Waals surface area contributed by atoms with Crippen LogP contribution in [-0.4, -0.2) is 48.4 Å². The Balaban J connectivity index is 1.98. The molecular formula is C27H29N3O3. The first-order valence-electron chi connectivity index (χ1n) is 10.8. The zero-order valence-electron chi connectivity index (χ0n) is 18.9. The number of benzene rings is 3. The predicted molar refractivity (Wildman–Crippen MR) is 130 cm³/mol. The average molecular weight is 444 g/mol. The van der Waals surface area contributed by atoms with Gasteiger partial charge in [0.2, 0.25) is 5.91 Å². The van der Waals surface area contributed by atoms with Crippen LogP contribution in [0.3, 0.4) is 0 Å². The van der Waals surface area contributed by atoms with E-state index in [1.54, 1.807) is 19.0 Å². The van der Waals surface area contributed by atoms with Crippen LogP contribution in [0.25, 0.3) is 0 Å². The summed E-state index contributed by atoms with van der Waals surface area (Å²) in [5.74, 6) is -1.31. The highest BCUT2D eigenvalue weighted by Gasteiger charge is 2.37. The van der Waals surface area contributed by atoms with Crippen LogP contribution in [0.15, 0.2) is 96.0 Å². The molecule has 33 heavy (non-hydrogen) atoms. The number of carboxylic acid groups (broad SMARTS) is 1. The summed E-state index contributed by atoms with van der Waals surface area (Å²) in [6.07, 6.45) is 1.58. The van der Waals surface area contributed by atoms with Crippen LogP contribution >= 0.6 is 0 Å². The van der Waals surface area contributed by atoms with Crippen molar-refractivity contribution >= 4 is 18.2 Å². The average Bonchev–Trinajstić information content (AvgIpc) is 2.84. The second-order valence-corrected chi connectivity index (χ2v) is 8.02. The number of hydrogen-bond acceptors (Lipinski definition) is 3. The zero-order valence-corrected chi connectivity index (χ0v) is 18.9. The molecule has 0 aliphatic rings. The van der Waals surface area contributed by atoms with E-state index in [9.17, 15) is 14.7 Å². The molecule has 6 heteroatoms. The van der Waals surface area contributed by atoms with Gasteiger partial charge in [-0.1, -0.05) is 91.0 Å². The van der Waals surface area contributed by atoms with Crippen LogP contribution in [-0.2, 0) is 15.1 Å². The number of amides is 1. The molecule has 1 amide bonds. The van der Waals surface area contributed by atoms with Crippen molar-refractivity contribution in [2.75, 3.05) is 14.1 Å². The third-order valence-corrected chi connectivity index (χ3v) is 5.35. The van der Waals surface area contributed by atoms with Crippen LogP contribution in [0.4, 0.5) is 0 Å². The van der Waals surface area contributed by atoms with Crippen molar-refractivity contribution < 1.29 is 14.7 Å². The van der Waals surface area contributed by atoms with Gasteiger partial charge in [-0.15, -0.1) is 0 Å². The Labute approximate surface area is 194 Å². The summed E-state index contributed by atoms with van der Waals surface area (Å²) in [7, 11) is 3.53. The zero-order chi connectivity index (χ0) is 23.7. The highest BCUT2D eigenvalue weighted by Crippen LogP contribution is 2.36. The van der Waals surface area contributed by atoms with Gasteiger partial charge < -0.3 is 15.3 Å². The summed E-state index contributed by atoms with van der Waals surface area (Å²) in [5, 5.41) is 12.7. The monoisotopic (exact) mass is 443 g/mol. The molecule has 0 aromatic heterocycles. The number of aliphatic imine (C=N–C) groups is 1. The quantitative estimate of drug-likeness (QED) is 0.283. The fourth-order valence-electron chi connectivity index (χ4n) is 3.80. The summed E-state index contributed by atoms with van der Waals surface area (Å²) in [6, 6.07) is 28.4. The van der Waals surface area contributed by atoms with Gasteiger partial charge in [-0.3, -0.25) is 9.79 Å². The van der Waals surface area contributed by atoms with Crippen molar-refractivity contribution in [2.45, 2.75) is 24.4 Å². The van der Waals surface area contributed by atoms with E-state index in [1.165, 1.54) is 6.34 Å². The summed E-state index contributed by atoms with van der Waals surface area (Å²) >= 11 is 0. The Morgan fingerprint density at radius 3 is 1.67 bits per heavy atom. The van der Waals surface area contributed by atoms with Gasteiger partial charge in [0.25, 0.3) is 0 Å². The largest absolute Gasteiger partial charge is 0.480 e. The number of carbonyl (C=O) groups is 2. The minimum Gasteiger partial charge on any atom is -0.480 e. The van der Waals surface area contributed by atoms with E-state index in [4.69, 9.17) is 0 Å². The second kappa shape index (κ2) is 11.1. The number of aliphatic carboxylic acids is 1. The third-order valence-electron chi connectivity index (χ3n) is 5.35. The fourth-order valence-corrected chi connectivity index (χ4v) is 3.80. The number of carboxylic acids is 1. The second-order valence-electron chi connectivity index (χ2n) is 8.02. The van der Waals surface area contributed by atoms with Crippen LogP contribution < -0.4 is 5.32 Å². The number of carbonyl (C=O) groups excluding carboxylic acids is 1. The van der Waals surface area contributed by atoms with E-state index < -0.39 is 17.6 Å². The molecule has 0 saturated heterocycles.